The molecule has 51 heavy (non-hydrogen) atoms. The molecule has 0 amide bonds. The van der Waals surface area contributed by atoms with Crippen LogP contribution in [0, 0.1) is 0 Å². The number of nitrogens with zero attached hydrogens (tertiary/aromatic N) is 4. The van der Waals surface area contributed by atoms with Crippen LogP contribution in [0.2, 0.25) is 0 Å². The van der Waals surface area contributed by atoms with Crippen molar-refractivity contribution >= 4 is 24.9 Å². The number of hydrogen-bond acceptors (Lipinski definition) is 10. The van der Waals surface area contributed by atoms with E-state index in [-0.39, 0.29) is 47.2 Å². The standard InChI is InChI=1S/2C20H22N2O2.2O.W/c2*23-19-11-5-1-7-15(19)13-21-17-9-3-4-10-18(17)22-14-16-8-2-6-12-20(16)24;;;/h2*1-2,5-8,11-14,17-18,23-24H,3-4,9-10H2;;;. The SMILES string of the molecule is Oc1ccccc1C=NC1CCCCC1N=Cc1ccccc1O.Oc1ccccc1C=NC1CCCCC1N=Cc1ccccc1O.[O]=[W]=[O]. The Balaban J connectivity index is 0.000000212. The van der Waals surface area contributed by atoms with E-state index in [9.17, 15) is 20.4 Å². The second kappa shape index (κ2) is 21.3. The Kier molecular flexibility index (Phi) is 16.2. The van der Waals surface area contributed by atoms with E-state index < -0.39 is 18.5 Å². The summed E-state index contributed by atoms with van der Waals surface area (Å²) in [6.07, 6.45) is 15.5. The number of rotatable bonds is 8. The molecule has 0 bridgehead atoms. The van der Waals surface area contributed by atoms with Crippen LogP contribution in [-0.4, -0.2) is 69.5 Å². The molecule has 2 aliphatic carbocycles. The first-order valence-corrected chi connectivity index (χ1v) is 19.5. The average Bonchev–Trinajstić information content (AvgIpc) is 3.15. The van der Waals surface area contributed by atoms with Crippen LogP contribution >= 0.6 is 0 Å². The van der Waals surface area contributed by atoms with Crippen molar-refractivity contribution in [3.63, 3.8) is 0 Å². The first-order chi connectivity index (χ1) is 24.9. The molecule has 11 heteroatoms. The van der Waals surface area contributed by atoms with Gasteiger partial charge >= 0.3 is 25.3 Å². The molecular weight excluding hydrogens is 816 g/mol. The fourth-order valence-corrected chi connectivity index (χ4v) is 5.97. The Morgan fingerprint density at radius 3 is 0.804 bits per heavy atom. The Hall–Kier alpha value is -4.95. The predicted octanol–water partition coefficient (Wildman–Crippen LogP) is 7.65. The number of phenolic OH excluding ortho intramolecular Hbond substituents is 4. The number of aromatic hydroxyl groups is 4. The van der Waals surface area contributed by atoms with E-state index in [2.05, 4.69) is 20.0 Å². The predicted molar refractivity (Wildman–Crippen MR) is 196 cm³/mol. The van der Waals surface area contributed by atoms with Crippen LogP contribution in [0.3, 0.4) is 0 Å². The van der Waals surface area contributed by atoms with Gasteiger partial charge in [-0.1, -0.05) is 74.2 Å². The van der Waals surface area contributed by atoms with E-state index in [1.165, 1.54) is 0 Å². The van der Waals surface area contributed by atoms with Crippen molar-refractivity contribution in [2.24, 2.45) is 20.0 Å². The number of benzene rings is 4. The molecule has 2 aliphatic rings. The van der Waals surface area contributed by atoms with Crippen molar-refractivity contribution < 1.29 is 45.7 Å². The van der Waals surface area contributed by atoms with Crippen molar-refractivity contribution in [2.45, 2.75) is 75.5 Å². The van der Waals surface area contributed by atoms with E-state index in [1.807, 2.05) is 48.5 Å². The molecule has 4 aromatic rings. The molecule has 0 saturated heterocycles. The van der Waals surface area contributed by atoms with Crippen LogP contribution in [-0.2, 0) is 25.3 Å². The van der Waals surface area contributed by atoms with Gasteiger partial charge in [-0.2, -0.15) is 0 Å². The number of para-hydroxylation sites is 4. The zero-order chi connectivity index (χ0) is 36.3. The molecule has 10 nitrogen and oxygen atoms in total. The second-order valence-electron chi connectivity index (χ2n) is 12.3. The van der Waals surface area contributed by atoms with Gasteiger partial charge in [-0.15, -0.1) is 0 Å². The fourth-order valence-electron chi connectivity index (χ4n) is 5.97. The van der Waals surface area contributed by atoms with Gasteiger partial charge in [-0.25, -0.2) is 0 Å². The van der Waals surface area contributed by atoms with Gasteiger partial charge < -0.3 is 20.4 Å². The molecule has 2 saturated carbocycles. The second-order valence-corrected chi connectivity index (χ2v) is 12.7. The third-order valence-electron chi connectivity index (χ3n) is 8.76. The number of aliphatic imine (C=N–C) groups is 4. The summed E-state index contributed by atoms with van der Waals surface area (Å²) < 4.78 is 17.1. The fraction of sp³-hybridized carbons (Fsp3) is 0.300. The summed E-state index contributed by atoms with van der Waals surface area (Å²) in [4.78, 5) is 18.7. The van der Waals surface area contributed by atoms with Crippen molar-refractivity contribution in [1.29, 1.82) is 0 Å². The van der Waals surface area contributed by atoms with E-state index in [4.69, 9.17) is 6.80 Å². The van der Waals surface area contributed by atoms with Crippen LogP contribution in [0.1, 0.15) is 73.6 Å². The van der Waals surface area contributed by atoms with Gasteiger partial charge in [0.15, 0.2) is 0 Å². The van der Waals surface area contributed by atoms with Gasteiger partial charge in [0, 0.05) is 47.1 Å². The minimum atomic E-state index is -2.25. The summed E-state index contributed by atoms with van der Waals surface area (Å²) in [5.41, 5.74) is 2.91. The summed E-state index contributed by atoms with van der Waals surface area (Å²) in [7, 11) is 0. The van der Waals surface area contributed by atoms with Crippen LogP contribution in [0.4, 0.5) is 0 Å². The first-order valence-electron chi connectivity index (χ1n) is 17.1. The summed E-state index contributed by atoms with van der Waals surface area (Å²) in [5, 5.41) is 39.4. The minimum absolute atomic E-state index is 0.112. The van der Waals surface area contributed by atoms with Crippen molar-refractivity contribution in [3.05, 3.63) is 119 Å². The van der Waals surface area contributed by atoms with Gasteiger partial charge in [0.05, 0.1) is 24.2 Å². The number of phenols is 4. The maximum absolute atomic E-state index is 9.84. The van der Waals surface area contributed by atoms with Gasteiger partial charge in [-0.05, 0) is 74.2 Å². The average molecular weight is 861 g/mol. The zero-order valence-corrected chi connectivity index (χ0v) is 31.2. The molecule has 0 aromatic heterocycles. The van der Waals surface area contributed by atoms with Gasteiger partial charge in [0.1, 0.15) is 23.0 Å². The molecule has 0 heterocycles. The Morgan fingerprint density at radius 1 is 0.412 bits per heavy atom. The molecule has 4 N–H and O–H groups in total. The molecular formula is C40H44N4O6W. The topological polar surface area (TPSA) is 164 Å². The molecule has 2 fully saturated rings. The van der Waals surface area contributed by atoms with Crippen molar-refractivity contribution in [3.8, 4) is 23.0 Å². The van der Waals surface area contributed by atoms with Crippen LogP contribution in [0.25, 0.3) is 0 Å². The van der Waals surface area contributed by atoms with Crippen molar-refractivity contribution in [2.75, 3.05) is 0 Å². The Labute approximate surface area is 307 Å². The van der Waals surface area contributed by atoms with E-state index in [0.29, 0.717) is 0 Å². The Bertz CT molecular complexity index is 1590. The molecule has 6 rings (SSSR count). The van der Waals surface area contributed by atoms with Gasteiger partial charge in [0.25, 0.3) is 0 Å². The molecule has 0 radical (unpaired) electrons. The zero-order valence-electron chi connectivity index (χ0n) is 28.3. The third kappa shape index (κ3) is 12.7. The quantitative estimate of drug-likeness (QED) is 0.133. The molecule has 0 spiro atoms. The molecule has 4 atom stereocenters. The summed E-state index contributed by atoms with van der Waals surface area (Å²) in [6.45, 7) is 0. The molecule has 4 unspecified atom stereocenters. The Morgan fingerprint density at radius 2 is 0.608 bits per heavy atom. The monoisotopic (exact) mass is 860 g/mol. The van der Waals surface area contributed by atoms with Gasteiger partial charge in [0.2, 0.25) is 0 Å². The van der Waals surface area contributed by atoms with Crippen LogP contribution in [0.5, 0.6) is 23.0 Å². The van der Waals surface area contributed by atoms with Crippen LogP contribution < -0.4 is 0 Å². The molecule has 0 aliphatic heterocycles. The summed E-state index contributed by atoms with van der Waals surface area (Å²) in [5.74, 6) is 0.968. The summed E-state index contributed by atoms with van der Waals surface area (Å²) in [6, 6.07) is 29.2. The normalized spacial score (nSPS) is 20.5. The van der Waals surface area contributed by atoms with Gasteiger partial charge in [-0.3, -0.25) is 20.0 Å². The van der Waals surface area contributed by atoms with E-state index in [0.717, 1.165) is 73.6 Å². The third-order valence-corrected chi connectivity index (χ3v) is 8.76. The first kappa shape index (κ1) is 38.8. The number of hydrogen-bond donors (Lipinski definition) is 4. The van der Waals surface area contributed by atoms with E-state index >= 15 is 0 Å². The summed E-state index contributed by atoms with van der Waals surface area (Å²) >= 11 is -2.25. The van der Waals surface area contributed by atoms with Crippen molar-refractivity contribution in [1.82, 2.24) is 0 Å². The molecule has 4 aromatic carbocycles. The van der Waals surface area contributed by atoms with Crippen LogP contribution in [0.15, 0.2) is 117 Å². The molecule has 266 valence electrons. The van der Waals surface area contributed by atoms with E-state index in [1.54, 1.807) is 73.4 Å². The maximum atomic E-state index is 9.84.